The number of hydrogen-bond acceptors (Lipinski definition) is 2. The molecule has 1 unspecified atom stereocenters. The molecule has 0 amide bonds. The highest BCUT2D eigenvalue weighted by Gasteiger charge is 2.34. The van der Waals surface area contributed by atoms with Crippen LogP contribution in [0.25, 0.3) is 0 Å². The first-order valence-electron chi connectivity index (χ1n) is 5.41. The van der Waals surface area contributed by atoms with Gasteiger partial charge in [-0.05, 0) is 25.8 Å². The van der Waals surface area contributed by atoms with Gasteiger partial charge in [-0.2, -0.15) is 0 Å². The molecular formula is C10H20F2N2. The molecule has 1 saturated heterocycles. The number of likely N-dealkylation sites (tertiary alicyclic amines) is 1. The van der Waals surface area contributed by atoms with E-state index in [9.17, 15) is 8.78 Å². The topological polar surface area (TPSA) is 29.3 Å². The lowest BCUT2D eigenvalue weighted by Crippen LogP contribution is -2.43. The Labute approximate surface area is 84.4 Å². The summed E-state index contributed by atoms with van der Waals surface area (Å²) in [4.78, 5) is 1.90. The molecule has 0 spiro atoms. The summed E-state index contributed by atoms with van der Waals surface area (Å²) in [6.07, 6.45) is 4.20. The summed E-state index contributed by atoms with van der Waals surface area (Å²) in [5, 5.41) is 0. The molecule has 0 aliphatic carbocycles. The predicted molar refractivity (Wildman–Crippen MR) is 53.5 cm³/mol. The SMILES string of the molecule is CCCC1CCCN1CC(F)(F)CN. The number of nitrogens with zero attached hydrogens (tertiary/aromatic N) is 1. The van der Waals surface area contributed by atoms with E-state index >= 15 is 0 Å². The van der Waals surface area contributed by atoms with Crippen molar-refractivity contribution >= 4 is 0 Å². The van der Waals surface area contributed by atoms with Gasteiger partial charge in [-0.15, -0.1) is 0 Å². The van der Waals surface area contributed by atoms with Crippen LogP contribution in [0.2, 0.25) is 0 Å². The van der Waals surface area contributed by atoms with Crippen LogP contribution in [0, 0.1) is 0 Å². The van der Waals surface area contributed by atoms with Crippen molar-refractivity contribution in [2.45, 2.75) is 44.6 Å². The molecule has 1 aliphatic rings. The molecule has 0 bridgehead atoms. The highest BCUT2D eigenvalue weighted by Crippen LogP contribution is 2.25. The minimum Gasteiger partial charge on any atom is -0.325 e. The average Bonchev–Trinajstić information content (AvgIpc) is 2.53. The molecule has 4 heteroatoms. The Balaban J connectivity index is 2.42. The molecule has 1 atom stereocenters. The number of alkyl halides is 2. The molecule has 1 rings (SSSR count). The van der Waals surface area contributed by atoms with E-state index in [2.05, 4.69) is 6.92 Å². The van der Waals surface area contributed by atoms with Crippen molar-refractivity contribution in [2.75, 3.05) is 19.6 Å². The van der Waals surface area contributed by atoms with Gasteiger partial charge in [0, 0.05) is 6.04 Å². The summed E-state index contributed by atoms with van der Waals surface area (Å²) in [6, 6.07) is 0.359. The number of nitrogens with two attached hydrogens (primary N) is 1. The van der Waals surface area contributed by atoms with E-state index in [1.807, 2.05) is 4.90 Å². The summed E-state index contributed by atoms with van der Waals surface area (Å²) >= 11 is 0. The highest BCUT2D eigenvalue weighted by atomic mass is 19.3. The van der Waals surface area contributed by atoms with Crippen LogP contribution in [-0.4, -0.2) is 36.5 Å². The van der Waals surface area contributed by atoms with Crippen LogP contribution in [0.5, 0.6) is 0 Å². The second kappa shape index (κ2) is 5.03. The summed E-state index contributed by atoms with van der Waals surface area (Å²) in [5.41, 5.74) is 5.03. The quantitative estimate of drug-likeness (QED) is 0.743. The van der Waals surface area contributed by atoms with Crippen molar-refractivity contribution in [3.63, 3.8) is 0 Å². The maximum atomic E-state index is 13.1. The summed E-state index contributed by atoms with van der Waals surface area (Å²) in [6.45, 7) is 2.20. The first-order valence-corrected chi connectivity index (χ1v) is 5.41. The van der Waals surface area contributed by atoms with Crippen molar-refractivity contribution in [1.29, 1.82) is 0 Å². The molecule has 0 aromatic rings. The monoisotopic (exact) mass is 206 g/mol. The van der Waals surface area contributed by atoms with E-state index in [0.717, 1.165) is 32.2 Å². The predicted octanol–water partition coefficient (Wildman–Crippen LogP) is 1.84. The normalized spacial score (nSPS) is 24.4. The molecule has 2 N–H and O–H groups in total. The van der Waals surface area contributed by atoms with Gasteiger partial charge < -0.3 is 5.73 Å². The molecule has 1 fully saturated rings. The Morgan fingerprint density at radius 3 is 2.79 bits per heavy atom. The Bertz CT molecular complexity index is 174. The molecular weight excluding hydrogens is 186 g/mol. The van der Waals surface area contributed by atoms with E-state index in [0.29, 0.717) is 6.04 Å². The van der Waals surface area contributed by atoms with Crippen molar-refractivity contribution in [3.8, 4) is 0 Å². The minimum atomic E-state index is -2.71. The van der Waals surface area contributed by atoms with Gasteiger partial charge in [0.1, 0.15) is 0 Å². The standard InChI is InChI=1S/C10H20F2N2/c1-2-4-9-5-3-6-14(9)8-10(11,12)7-13/h9H,2-8,13H2,1H3. The van der Waals surface area contributed by atoms with Crippen LogP contribution in [0.4, 0.5) is 8.78 Å². The van der Waals surface area contributed by atoms with Gasteiger partial charge in [-0.1, -0.05) is 13.3 Å². The maximum Gasteiger partial charge on any atom is 0.272 e. The van der Waals surface area contributed by atoms with Crippen LogP contribution in [0.3, 0.4) is 0 Å². The Morgan fingerprint density at radius 1 is 1.50 bits per heavy atom. The molecule has 2 nitrogen and oxygen atoms in total. The Hall–Kier alpha value is -0.220. The van der Waals surface area contributed by atoms with Gasteiger partial charge in [0.2, 0.25) is 0 Å². The Morgan fingerprint density at radius 2 is 2.21 bits per heavy atom. The maximum absolute atomic E-state index is 13.1. The van der Waals surface area contributed by atoms with Gasteiger partial charge in [-0.25, -0.2) is 8.78 Å². The molecule has 0 saturated carbocycles. The molecule has 0 aromatic carbocycles. The first kappa shape index (κ1) is 11.9. The van der Waals surface area contributed by atoms with Crippen LogP contribution in [0.1, 0.15) is 32.6 Å². The number of rotatable bonds is 5. The molecule has 0 radical (unpaired) electrons. The van der Waals surface area contributed by atoms with Crippen LogP contribution in [-0.2, 0) is 0 Å². The third kappa shape index (κ3) is 3.17. The zero-order chi connectivity index (χ0) is 10.6. The van der Waals surface area contributed by atoms with Crippen molar-refractivity contribution in [1.82, 2.24) is 4.90 Å². The van der Waals surface area contributed by atoms with Crippen molar-refractivity contribution in [2.24, 2.45) is 5.73 Å². The molecule has 14 heavy (non-hydrogen) atoms. The third-order valence-corrected chi connectivity index (χ3v) is 2.85. The van der Waals surface area contributed by atoms with Gasteiger partial charge in [0.15, 0.2) is 0 Å². The van der Waals surface area contributed by atoms with Crippen molar-refractivity contribution < 1.29 is 8.78 Å². The van der Waals surface area contributed by atoms with E-state index in [4.69, 9.17) is 5.73 Å². The van der Waals surface area contributed by atoms with Gasteiger partial charge in [-0.3, -0.25) is 4.90 Å². The van der Waals surface area contributed by atoms with Crippen LogP contribution < -0.4 is 5.73 Å². The fraction of sp³-hybridized carbons (Fsp3) is 1.00. The zero-order valence-corrected chi connectivity index (χ0v) is 8.81. The largest absolute Gasteiger partial charge is 0.325 e. The van der Waals surface area contributed by atoms with E-state index < -0.39 is 12.5 Å². The first-order chi connectivity index (χ1) is 6.59. The van der Waals surface area contributed by atoms with E-state index in [1.54, 1.807) is 0 Å². The van der Waals surface area contributed by atoms with Gasteiger partial charge >= 0.3 is 0 Å². The second-order valence-corrected chi connectivity index (χ2v) is 4.12. The van der Waals surface area contributed by atoms with Gasteiger partial charge in [0.05, 0.1) is 13.1 Å². The van der Waals surface area contributed by atoms with E-state index in [-0.39, 0.29) is 6.54 Å². The molecule has 84 valence electrons. The lowest BCUT2D eigenvalue weighted by atomic mass is 10.1. The summed E-state index contributed by atoms with van der Waals surface area (Å²) in [7, 11) is 0. The fourth-order valence-electron chi connectivity index (χ4n) is 2.13. The zero-order valence-electron chi connectivity index (χ0n) is 8.81. The fourth-order valence-corrected chi connectivity index (χ4v) is 2.13. The number of hydrogen-bond donors (Lipinski definition) is 1. The summed E-state index contributed by atoms with van der Waals surface area (Å²) in [5.74, 6) is -2.71. The molecule has 1 heterocycles. The minimum absolute atomic E-state index is 0.159. The smallest absolute Gasteiger partial charge is 0.272 e. The second-order valence-electron chi connectivity index (χ2n) is 4.12. The third-order valence-electron chi connectivity index (χ3n) is 2.85. The lowest BCUT2D eigenvalue weighted by Gasteiger charge is -2.27. The number of halogens is 2. The Kier molecular flexibility index (Phi) is 4.26. The molecule has 1 aliphatic heterocycles. The van der Waals surface area contributed by atoms with Crippen molar-refractivity contribution in [3.05, 3.63) is 0 Å². The molecule has 0 aromatic heterocycles. The lowest BCUT2D eigenvalue weighted by molar-refractivity contribution is -0.0272. The van der Waals surface area contributed by atoms with Gasteiger partial charge in [0.25, 0.3) is 5.92 Å². The van der Waals surface area contributed by atoms with Crippen LogP contribution >= 0.6 is 0 Å². The average molecular weight is 206 g/mol. The van der Waals surface area contributed by atoms with Crippen LogP contribution in [0.15, 0.2) is 0 Å². The summed E-state index contributed by atoms with van der Waals surface area (Å²) < 4.78 is 26.1. The van der Waals surface area contributed by atoms with E-state index in [1.165, 1.54) is 0 Å². The highest BCUT2D eigenvalue weighted by molar-refractivity contribution is 4.83.